The summed E-state index contributed by atoms with van der Waals surface area (Å²) in [5.74, 6) is 0.0503. The molecular formula is C8H10O3S. The number of rotatable bonds is 5. The van der Waals surface area contributed by atoms with E-state index in [1.54, 1.807) is 11.3 Å². The topological polar surface area (TPSA) is 46.5 Å². The Morgan fingerprint density at radius 3 is 3.08 bits per heavy atom. The van der Waals surface area contributed by atoms with Gasteiger partial charge in [-0.1, -0.05) is 0 Å². The van der Waals surface area contributed by atoms with Gasteiger partial charge in [0.25, 0.3) is 0 Å². The highest BCUT2D eigenvalue weighted by Gasteiger charge is 1.97. The number of hydrogen-bond donors (Lipinski definition) is 1. The van der Waals surface area contributed by atoms with Crippen LogP contribution >= 0.6 is 11.3 Å². The van der Waals surface area contributed by atoms with Gasteiger partial charge in [0, 0.05) is 11.8 Å². The Bertz CT molecular complexity index is 230. The van der Waals surface area contributed by atoms with Crippen molar-refractivity contribution in [1.82, 2.24) is 0 Å². The van der Waals surface area contributed by atoms with Crippen molar-refractivity contribution in [3.63, 3.8) is 0 Å². The summed E-state index contributed by atoms with van der Waals surface area (Å²) in [6.45, 7) is 0.475. The molecule has 1 aromatic rings. The van der Waals surface area contributed by atoms with E-state index in [0.29, 0.717) is 13.0 Å². The van der Waals surface area contributed by atoms with Crippen LogP contribution in [0.3, 0.4) is 0 Å². The van der Waals surface area contributed by atoms with Crippen LogP contribution in [-0.4, -0.2) is 17.7 Å². The highest BCUT2D eigenvalue weighted by molar-refractivity contribution is 7.08. The van der Waals surface area contributed by atoms with E-state index in [9.17, 15) is 4.79 Å². The first-order valence-corrected chi connectivity index (χ1v) is 4.60. The summed E-state index contributed by atoms with van der Waals surface area (Å²) in [7, 11) is 0. The van der Waals surface area contributed by atoms with Crippen molar-refractivity contribution >= 4 is 17.3 Å². The second-order valence-electron chi connectivity index (χ2n) is 2.30. The van der Waals surface area contributed by atoms with Gasteiger partial charge in [-0.2, -0.15) is 0 Å². The van der Waals surface area contributed by atoms with Crippen LogP contribution < -0.4 is 4.74 Å². The van der Waals surface area contributed by atoms with Gasteiger partial charge in [-0.15, -0.1) is 11.3 Å². The van der Waals surface area contributed by atoms with Crippen LogP contribution in [0.2, 0.25) is 0 Å². The van der Waals surface area contributed by atoms with Gasteiger partial charge >= 0.3 is 5.97 Å². The van der Waals surface area contributed by atoms with Gasteiger partial charge in [-0.05, 0) is 17.9 Å². The Kier molecular flexibility index (Phi) is 3.60. The van der Waals surface area contributed by atoms with E-state index in [-0.39, 0.29) is 6.42 Å². The van der Waals surface area contributed by atoms with Crippen molar-refractivity contribution in [2.24, 2.45) is 0 Å². The fraction of sp³-hybridized carbons (Fsp3) is 0.375. The molecule has 0 fully saturated rings. The SMILES string of the molecule is O=C(O)CCCOc1ccsc1. The molecule has 0 saturated carbocycles. The molecule has 12 heavy (non-hydrogen) atoms. The first kappa shape index (κ1) is 9.06. The molecule has 1 N–H and O–H groups in total. The molecule has 3 nitrogen and oxygen atoms in total. The maximum Gasteiger partial charge on any atom is 0.303 e. The lowest BCUT2D eigenvalue weighted by atomic mass is 10.3. The highest BCUT2D eigenvalue weighted by Crippen LogP contribution is 2.14. The Hall–Kier alpha value is -1.03. The molecule has 0 unspecified atom stereocenters. The minimum absolute atomic E-state index is 0.171. The van der Waals surface area contributed by atoms with Crippen molar-refractivity contribution in [1.29, 1.82) is 0 Å². The number of ether oxygens (including phenoxy) is 1. The molecule has 1 aromatic heterocycles. The fourth-order valence-electron chi connectivity index (χ4n) is 0.748. The molecule has 4 heteroatoms. The molecule has 66 valence electrons. The zero-order valence-corrected chi connectivity index (χ0v) is 7.34. The maximum atomic E-state index is 10.1. The normalized spacial score (nSPS) is 9.67. The lowest BCUT2D eigenvalue weighted by Crippen LogP contribution is -2.01. The second kappa shape index (κ2) is 4.77. The van der Waals surface area contributed by atoms with Crippen LogP contribution in [0, 0.1) is 0 Å². The van der Waals surface area contributed by atoms with Crippen LogP contribution in [0.1, 0.15) is 12.8 Å². The predicted molar refractivity (Wildman–Crippen MR) is 46.7 cm³/mol. The molecule has 0 radical (unpaired) electrons. The van der Waals surface area contributed by atoms with Crippen molar-refractivity contribution in [3.8, 4) is 5.75 Å². The number of carboxylic acids is 1. The number of carbonyl (C=O) groups is 1. The summed E-state index contributed by atoms with van der Waals surface area (Å²) in [6.07, 6.45) is 0.731. The van der Waals surface area contributed by atoms with Crippen LogP contribution in [0.4, 0.5) is 0 Å². The van der Waals surface area contributed by atoms with E-state index >= 15 is 0 Å². The van der Waals surface area contributed by atoms with Crippen LogP contribution in [-0.2, 0) is 4.79 Å². The van der Waals surface area contributed by atoms with Crippen LogP contribution in [0.25, 0.3) is 0 Å². The van der Waals surface area contributed by atoms with Crippen molar-refractivity contribution in [2.45, 2.75) is 12.8 Å². The van der Waals surface area contributed by atoms with Crippen LogP contribution in [0.5, 0.6) is 5.75 Å². The van der Waals surface area contributed by atoms with Crippen molar-refractivity contribution in [2.75, 3.05) is 6.61 Å². The number of aliphatic carboxylic acids is 1. The molecule has 0 aromatic carbocycles. The average molecular weight is 186 g/mol. The third kappa shape index (κ3) is 3.39. The average Bonchev–Trinajstić information content (AvgIpc) is 2.49. The zero-order chi connectivity index (χ0) is 8.81. The Labute approximate surface area is 74.6 Å². The molecule has 0 amide bonds. The molecule has 0 bridgehead atoms. The summed E-state index contributed by atoms with van der Waals surface area (Å²) in [6, 6.07) is 1.87. The van der Waals surface area contributed by atoms with E-state index in [2.05, 4.69) is 0 Å². The Morgan fingerprint density at radius 1 is 1.67 bits per heavy atom. The number of thiophene rings is 1. The van der Waals surface area contributed by atoms with Gasteiger partial charge in [0.05, 0.1) is 6.61 Å². The zero-order valence-electron chi connectivity index (χ0n) is 6.53. The molecule has 0 spiro atoms. The quantitative estimate of drug-likeness (QED) is 0.715. The summed E-state index contributed by atoms with van der Waals surface area (Å²) >= 11 is 1.56. The summed E-state index contributed by atoms with van der Waals surface area (Å²) < 4.78 is 5.24. The molecule has 0 atom stereocenters. The molecular weight excluding hydrogens is 176 g/mol. The minimum Gasteiger partial charge on any atom is -0.493 e. The smallest absolute Gasteiger partial charge is 0.303 e. The fourth-order valence-corrected chi connectivity index (χ4v) is 1.32. The van der Waals surface area contributed by atoms with Crippen molar-refractivity contribution in [3.05, 3.63) is 16.8 Å². The molecule has 0 saturated heterocycles. The third-order valence-corrected chi connectivity index (χ3v) is 1.96. The van der Waals surface area contributed by atoms with E-state index in [0.717, 1.165) is 5.75 Å². The number of hydrogen-bond acceptors (Lipinski definition) is 3. The van der Waals surface area contributed by atoms with Gasteiger partial charge in [0.1, 0.15) is 5.75 Å². The van der Waals surface area contributed by atoms with E-state index in [4.69, 9.17) is 9.84 Å². The predicted octanol–water partition coefficient (Wildman–Crippen LogP) is 1.99. The lowest BCUT2D eigenvalue weighted by Gasteiger charge is -2.00. The van der Waals surface area contributed by atoms with E-state index in [1.165, 1.54) is 0 Å². The first-order valence-electron chi connectivity index (χ1n) is 3.66. The summed E-state index contributed by atoms with van der Waals surface area (Å²) in [4.78, 5) is 10.1. The Balaban J connectivity index is 2.07. The second-order valence-corrected chi connectivity index (χ2v) is 3.08. The Morgan fingerprint density at radius 2 is 2.50 bits per heavy atom. The van der Waals surface area contributed by atoms with Gasteiger partial charge in [-0.25, -0.2) is 0 Å². The van der Waals surface area contributed by atoms with Gasteiger partial charge in [-0.3, -0.25) is 4.79 Å². The van der Waals surface area contributed by atoms with E-state index in [1.807, 2.05) is 16.8 Å². The molecule has 0 aliphatic rings. The molecule has 0 aliphatic heterocycles. The molecule has 0 aliphatic carbocycles. The number of carboxylic acid groups (broad SMARTS) is 1. The van der Waals surface area contributed by atoms with E-state index < -0.39 is 5.97 Å². The standard InChI is InChI=1S/C8H10O3S/c9-8(10)2-1-4-11-7-3-5-12-6-7/h3,5-6H,1-2,4H2,(H,9,10). The van der Waals surface area contributed by atoms with Gasteiger partial charge in [0.2, 0.25) is 0 Å². The van der Waals surface area contributed by atoms with Gasteiger partial charge < -0.3 is 9.84 Å². The van der Waals surface area contributed by atoms with Crippen LogP contribution in [0.15, 0.2) is 16.8 Å². The molecule has 1 rings (SSSR count). The monoisotopic (exact) mass is 186 g/mol. The molecule has 1 heterocycles. The lowest BCUT2D eigenvalue weighted by molar-refractivity contribution is -0.137. The third-order valence-electron chi connectivity index (χ3n) is 1.30. The largest absolute Gasteiger partial charge is 0.493 e. The van der Waals surface area contributed by atoms with Crippen molar-refractivity contribution < 1.29 is 14.6 Å². The summed E-state index contributed by atoms with van der Waals surface area (Å²) in [5.41, 5.74) is 0. The summed E-state index contributed by atoms with van der Waals surface area (Å²) in [5, 5.41) is 12.1. The highest BCUT2D eigenvalue weighted by atomic mass is 32.1. The van der Waals surface area contributed by atoms with Gasteiger partial charge in [0.15, 0.2) is 0 Å². The first-order chi connectivity index (χ1) is 5.79. The minimum atomic E-state index is -0.774. The maximum absolute atomic E-state index is 10.1.